The monoisotopic (exact) mass is 354 g/mol. The smallest absolute Gasteiger partial charge is 0.292 e. The SMILES string of the molecule is O=C(CCNc1ccccc1[N+](=O)[O-])N1CCN(c2ccccc2)CC1. The predicted molar refractivity (Wildman–Crippen MR) is 101 cm³/mol. The van der Waals surface area contributed by atoms with Crippen LogP contribution in [0, 0.1) is 10.1 Å². The van der Waals surface area contributed by atoms with Gasteiger partial charge in [0, 0.05) is 50.9 Å². The highest BCUT2D eigenvalue weighted by Crippen LogP contribution is 2.23. The van der Waals surface area contributed by atoms with Gasteiger partial charge in [-0.25, -0.2) is 0 Å². The molecule has 3 rings (SSSR count). The van der Waals surface area contributed by atoms with Gasteiger partial charge in [0.05, 0.1) is 4.92 Å². The van der Waals surface area contributed by atoms with Crippen molar-refractivity contribution in [3.05, 3.63) is 64.7 Å². The van der Waals surface area contributed by atoms with Crippen molar-refractivity contribution in [3.8, 4) is 0 Å². The Morgan fingerprint density at radius 3 is 2.35 bits per heavy atom. The lowest BCUT2D eigenvalue weighted by Gasteiger charge is -2.36. The van der Waals surface area contributed by atoms with Crippen LogP contribution in [0.2, 0.25) is 0 Å². The van der Waals surface area contributed by atoms with E-state index >= 15 is 0 Å². The number of hydrogen-bond acceptors (Lipinski definition) is 5. The first-order valence-corrected chi connectivity index (χ1v) is 8.70. The molecule has 1 N–H and O–H groups in total. The minimum atomic E-state index is -0.424. The normalized spacial score (nSPS) is 14.2. The van der Waals surface area contributed by atoms with Gasteiger partial charge in [-0.2, -0.15) is 0 Å². The number of hydrogen-bond donors (Lipinski definition) is 1. The highest BCUT2D eigenvalue weighted by Gasteiger charge is 2.21. The number of nitro groups is 1. The number of carbonyl (C=O) groups excluding carboxylic acids is 1. The van der Waals surface area contributed by atoms with E-state index in [1.54, 1.807) is 18.2 Å². The van der Waals surface area contributed by atoms with Gasteiger partial charge in [-0.05, 0) is 18.2 Å². The maximum Gasteiger partial charge on any atom is 0.292 e. The Kier molecular flexibility index (Phi) is 5.68. The zero-order valence-corrected chi connectivity index (χ0v) is 14.5. The molecule has 1 heterocycles. The molecular weight excluding hydrogens is 332 g/mol. The lowest BCUT2D eigenvalue weighted by atomic mass is 10.2. The van der Waals surface area contributed by atoms with Gasteiger partial charge in [-0.1, -0.05) is 30.3 Å². The quantitative estimate of drug-likeness (QED) is 0.637. The maximum absolute atomic E-state index is 12.4. The minimum absolute atomic E-state index is 0.0245. The van der Waals surface area contributed by atoms with Crippen LogP contribution in [0.4, 0.5) is 17.1 Å². The fraction of sp³-hybridized carbons (Fsp3) is 0.316. The van der Waals surface area contributed by atoms with E-state index in [0.717, 1.165) is 13.1 Å². The number of nitrogens with one attached hydrogen (secondary N) is 1. The van der Waals surface area contributed by atoms with Crippen LogP contribution >= 0.6 is 0 Å². The number of anilines is 2. The summed E-state index contributed by atoms with van der Waals surface area (Å²) in [5.74, 6) is 0.0730. The highest BCUT2D eigenvalue weighted by molar-refractivity contribution is 5.77. The molecule has 7 nitrogen and oxygen atoms in total. The molecule has 0 aromatic heterocycles. The molecule has 0 saturated carbocycles. The van der Waals surface area contributed by atoms with E-state index in [1.807, 2.05) is 23.1 Å². The van der Waals surface area contributed by atoms with Crippen molar-refractivity contribution in [3.63, 3.8) is 0 Å². The Morgan fingerprint density at radius 1 is 1.00 bits per heavy atom. The third kappa shape index (κ3) is 4.30. The number of piperazine rings is 1. The molecule has 1 aliphatic heterocycles. The average molecular weight is 354 g/mol. The predicted octanol–water partition coefficient (Wildman–Crippen LogP) is 2.75. The fourth-order valence-corrected chi connectivity index (χ4v) is 3.10. The molecule has 0 radical (unpaired) electrons. The van der Waals surface area contributed by atoms with Gasteiger partial charge in [-0.3, -0.25) is 14.9 Å². The summed E-state index contributed by atoms with van der Waals surface area (Å²) in [4.78, 5) is 27.1. The van der Waals surface area contributed by atoms with E-state index in [1.165, 1.54) is 11.8 Å². The van der Waals surface area contributed by atoms with E-state index in [-0.39, 0.29) is 11.6 Å². The lowest BCUT2D eigenvalue weighted by Crippen LogP contribution is -2.49. The molecular formula is C19H22N4O3. The zero-order valence-electron chi connectivity index (χ0n) is 14.5. The third-order valence-electron chi connectivity index (χ3n) is 4.51. The summed E-state index contributed by atoms with van der Waals surface area (Å²) in [6.45, 7) is 3.39. The van der Waals surface area contributed by atoms with Gasteiger partial charge in [0.15, 0.2) is 0 Å². The summed E-state index contributed by atoms with van der Waals surface area (Å²) in [5, 5.41) is 14.0. The number of nitrogens with zero attached hydrogens (tertiary/aromatic N) is 3. The number of nitro benzene ring substituents is 1. The summed E-state index contributed by atoms with van der Waals surface area (Å²) in [6.07, 6.45) is 0.317. The van der Waals surface area contributed by atoms with E-state index < -0.39 is 4.92 Å². The standard InChI is InChI=1S/C19H22N4O3/c24-19(10-11-20-17-8-4-5-9-18(17)23(25)26)22-14-12-21(13-15-22)16-6-2-1-3-7-16/h1-9,20H,10-15H2. The first-order valence-electron chi connectivity index (χ1n) is 8.70. The molecule has 0 aliphatic carbocycles. The summed E-state index contributed by atoms with van der Waals surface area (Å²) in [6, 6.07) is 16.6. The van der Waals surface area contributed by atoms with E-state index in [2.05, 4.69) is 22.3 Å². The molecule has 0 unspecified atom stereocenters. The highest BCUT2D eigenvalue weighted by atomic mass is 16.6. The van der Waals surface area contributed by atoms with Crippen molar-refractivity contribution in [2.45, 2.75) is 6.42 Å². The molecule has 1 aliphatic rings. The minimum Gasteiger partial charge on any atom is -0.379 e. The largest absolute Gasteiger partial charge is 0.379 e. The Labute approximate surface area is 152 Å². The van der Waals surface area contributed by atoms with Crippen LogP contribution in [-0.2, 0) is 4.79 Å². The number of para-hydroxylation sites is 3. The fourth-order valence-electron chi connectivity index (χ4n) is 3.10. The molecule has 7 heteroatoms. The Hall–Kier alpha value is -3.09. The van der Waals surface area contributed by atoms with Crippen molar-refractivity contribution < 1.29 is 9.72 Å². The van der Waals surface area contributed by atoms with Crippen molar-refractivity contribution in [1.29, 1.82) is 0 Å². The number of amides is 1. The lowest BCUT2D eigenvalue weighted by molar-refractivity contribution is -0.384. The zero-order chi connectivity index (χ0) is 18.4. The van der Waals surface area contributed by atoms with Crippen LogP contribution in [0.15, 0.2) is 54.6 Å². The number of benzene rings is 2. The molecule has 0 bridgehead atoms. The van der Waals surface area contributed by atoms with E-state index in [4.69, 9.17) is 0 Å². The molecule has 2 aromatic carbocycles. The van der Waals surface area contributed by atoms with E-state index in [0.29, 0.717) is 31.7 Å². The van der Waals surface area contributed by atoms with Gasteiger partial charge in [-0.15, -0.1) is 0 Å². The van der Waals surface area contributed by atoms with Crippen LogP contribution in [0.25, 0.3) is 0 Å². The number of rotatable bonds is 6. The van der Waals surface area contributed by atoms with Crippen molar-refractivity contribution >= 4 is 23.0 Å². The average Bonchev–Trinajstić information content (AvgIpc) is 2.69. The number of carbonyl (C=O) groups is 1. The maximum atomic E-state index is 12.4. The molecule has 1 amide bonds. The van der Waals surface area contributed by atoms with Crippen LogP contribution < -0.4 is 10.2 Å². The van der Waals surface area contributed by atoms with Crippen LogP contribution in [-0.4, -0.2) is 48.5 Å². The van der Waals surface area contributed by atoms with Crippen LogP contribution in [0.5, 0.6) is 0 Å². The van der Waals surface area contributed by atoms with Gasteiger partial charge in [0.1, 0.15) is 5.69 Å². The topological polar surface area (TPSA) is 78.7 Å². The first-order chi connectivity index (χ1) is 12.6. The molecule has 2 aromatic rings. The second-order valence-corrected chi connectivity index (χ2v) is 6.15. The van der Waals surface area contributed by atoms with E-state index in [9.17, 15) is 14.9 Å². The van der Waals surface area contributed by atoms with Crippen molar-refractivity contribution in [2.75, 3.05) is 42.9 Å². The Bertz CT molecular complexity index is 758. The van der Waals surface area contributed by atoms with Gasteiger partial charge < -0.3 is 15.1 Å². The second-order valence-electron chi connectivity index (χ2n) is 6.15. The Morgan fingerprint density at radius 2 is 1.65 bits per heavy atom. The first kappa shape index (κ1) is 17.7. The van der Waals surface area contributed by atoms with Gasteiger partial charge in [0.25, 0.3) is 5.69 Å². The summed E-state index contributed by atoms with van der Waals surface area (Å²) >= 11 is 0. The van der Waals surface area contributed by atoms with Crippen LogP contribution in [0.3, 0.4) is 0 Å². The Balaban J connectivity index is 1.46. The van der Waals surface area contributed by atoms with Crippen molar-refractivity contribution in [2.24, 2.45) is 0 Å². The molecule has 0 spiro atoms. The molecule has 1 saturated heterocycles. The van der Waals surface area contributed by atoms with Crippen molar-refractivity contribution in [1.82, 2.24) is 4.90 Å². The van der Waals surface area contributed by atoms with Gasteiger partial charge >= 0.3 is 0 Å². The summed E-state index contributed by atoms with van der Waals surface area (Å²) < 4.78 is 0. The second kappa shape index (κ2) is 8.33. The molecule has 0 atom stereocenters. The molecule has 1 fully saturated rings. The molecule has 26 heavy (non-hydrogen) atoms. The molecule has 136 valence electrons. The summed E-state index contributed by atoms with van der Waals surface area (Å²) in [5.41, 5.74) is 1.65. The third-order valence-corrected chi connectivity index (χ3v) is 4.51. The van der Waals surface area contributed by atoms with Crippen LogP contribution in [0.1, 0.15) is 6.42 Å². The van der Waals surface area contributed by atoms with Gasteiger partial charge in [0.2, 0.25) is 5.91 Å². The summed E-state index contributed by atoms with van der Waals surface area (Å²) in [7, 11) is 0.